The van der Waals surface area contributed by atoms with Crippen LogP contribution in [-0.4, -0.2) is 26.1 Å². The summed E-state index contributed by atoms with van der Waals surface area (Å²) in [6, 6.07) is 6.67. The Labute approximate surface area is 94.1 Å². The Morgan fingerprint density at radius 3 is 2.13 bits per heavy atom. The summed E-state index contributed by atoms with van der Waals surface area (Å²) < 4.78 is 9.33. The SMILES string of the molecule is COC(=N)c1ccccc1C(=O)OC.Cl. The van der Waals surface area contributed by atoms with Crippen LogP contribution in [0.4, 0.5) is 0 Å². The topological polar surface area (TPSA) is 59.4 Å². The van der Waals surface area contributed by atoms with Crippen LogP contribution in [0.15, 0.2) is 24.3 Å². The third kappa shape index (κ3) is 2.95. The molecule has 15 heavy (non-hydrogen) atoms. The maximum absolute atomic E-state index is 11.3. The second-order valence-electron chi connectivity index (χ2n) is 2.57. The molecule has 0 atom stereocenters. The fourth-order valence-electron chi connectivity index (χ4n) is 1.08. The summed E-state index contributed by atoms with van der Waals surface area (Å²) >= 11 is 0. The van der Waals surface area contributed by atoms with Crippen LogP contribution in [0.3, 0.4) is 0 Å². The highest BCUT2D eigenvalue weighted by Crippen LogP contribution is 2.10. The van der Waals surface area contributed by atoms with Crippen LogP contribution < -0.4 is 0 Å². The van der Waals surface area contributed by atoms with Gasteiger partial charge in [-0.2, -0.15) is 0 Å². The molecule has 0 heterocycles. The quantitative estimate of drug-likeness (QED) is 0.479. The van der Waals surface area contributed by atoms with Crippen molar-refractivity contribution in [2.75, 3.05) is 14.2 Å². The maximum Gasteiger partial charge on any atom is 0.338 e. The van der Waals surface area contributed by atoms with Crippen molar-refractivity contribution >= 4 is 24.3 Å². The molecule has 0 fully saturated rings. The molecule has 0 saturated heterocycles. The summed E-state index contributed by atoms with van der Waals surface area (Å²) in [6.07, 6.45) is 0. The van der Waals surface area contributed by atoms with Gasteiger partial charge in [0.05, 0.1) is 25.3 Å². The lowest BCUT2D eigenvalue weighted by molar-refractivity contribution is 0.0600. The highest BCUT2D eigenvalue weighted by atomic mass is 35.5. The van der Waals surface area contributed by atoms with E-state index < -0.39 is 5.97 Å². The first-order valence-electron chi connectivity index (χ1n) is 4.01. The Kier molecular flexibility index (Phi) is 5.41. The first-order chi connectivity index (χ1) is 6.70. The van der Waals surface area contributed by atoms with E-state index in [-0.39, 0.29) is 18.3 Å². The summed E-state index contributed by atoms with van der Waals surface area (Å²) in [7, 11) is 2.69. The predicted octanol–water partition coefficient (Wildman–Crippen LogP) is 1.87. The van der Waals surface area contributed by atoms with E-state index in [2.05, 4.69) is 4.74 Å². The van der Waals surface area contributed by atoms with Gasteiger partial charge in [0.2, 0.25) is 5.90 Å². The molecule has 0 aromatic heterocycles. The van der Waals surface area contributed by atoms with Crippen molar-refractivity contribution in [2.24, 2.45) is 0 Å². The summed E-state index contributed by atoms with van der Waals surface area (Å²) in [5.41, 5.74) is 0.767. The first kappa shape index (κ1) is 13.4. The second-order valence-corrected chi connectivity index (χ2v) is 2.57. The molecule has 1 aromatic carbocycles. The first-order valence-corrected chi connectivity index (χ1v) is 4.01. The smallest absolute Gasteiger partial charge is 0.338 e. The summed E-state index contributed by atoms with van der Waals surface area (Å²) in [5.74, 6) is -0.520. The van der Waals surface area contributed by atoms with Gasteiger partial charge in [-0.3, -0.25) is 5.41 Å². The van der Waals surface area contributed by atoms with Crippen molar-refractivity contribution in [2.45, 2.75) is 0 Å². The van der Waals surface area contributed by atoms with E-state index in [1.54, 1.807) is 24.3 Å². The second kappa shape index (κ2) is 6.03. The number of carbonyl (C=O) groups is 1. The van der Waals surface area contributed by atoms with Crippen molar-refractivity contribution in [1.82, 2.24) is 0 Å². The van der Waals surface area contributed by atoms with Gasteiger partial charge in [-0.05, 0) is 12.1 Å². The molecular formula is C10H12ClNO3. The largest absolute Gasteiger partial charge is 0.481 e. The molecule has 1 N–H and O–H groups in total. The Morgan fingerprint density at radius 1 is 1.13 bits per heavy atom. The van der Waals surface area contributed by atoms with Crippen LogP contribution in [0.5, 0.6) is 0 Å². The number of carbonyl (C=O) groups excluding carboxylic acids is 1. The molecule has 5 heteroatoms. The number of ether oxygens (including phenoxy) is 2. The lowest BCUT2D eigenvalue weighted by atomic mass is 10.1. The van der Waals surface area contributed by atoms with Crippen LogP contribution in [0.1, 0.15) is 15.9 Å². The molecule has 0 amide bonds. The average molecular weight is 230 g/mol. The van der Waals surface area contributed by atoms with Gasteiger partial charge in [0.15, 0.2) is 0 Å². The lowest BCUT2D eigenvalue weighted by Crippen LogP contribution is -2.11. The number of esters is 1. The number of benzene rings is 1. The lowest BCUT2D eigenvalue weighted by Gasteiger charge is -2.07. The molecular weight excluding hydrogens is 218 g/mol. The molecule has 0 bridgehead atoms. The molecule has 0 radical (unpaired) electrons. The molecule has 1 rings (SSSR count). The molecule has 82 valence electrons. The molecule has 0 unspecified atom stereocenters. The van der Waals surface area contributed by atoms with Crippen LogP contribution >= 0.6 is 12.4 Å². The Balaban J connectivity index is 0.00000196. The highest BCUT2D eigenvalue weighted by Gasteiger charge is 2.14. The van der Waals surface area contributed by atoms with E-state index in [0.717, 1.165) is 0 Å². The molecule has 0 aliphatic heterocycles. The summed E-state index contributed by atoms with van der Waals surface area (Å²) in [5, 5.41) is 7.46. The fraction of sp³-hybridized carbons (Fsp3) is 0.200. The molecule has 4 nitrogen and oxygen atoms in total. The van der Waals surface area contributed by atoms with Crippen LogP contribution in [0.25, 0.3) is 0 Å². The van der Waals surface area contributed by atoms with Crippen LogP contribution in [-0.2, 0) is 9.47 Å². The number of hydrogen-bond donors (Lipinski definition) is 1. The molecule has 0 spiro atoms. The average Bonchev–Trinajstić information content (AvgIpc) is 2.27. The van der Waals surface area contributed by atoms with E-state index in [1.165, 1.54) is 14.2 Å². The van der Waals surface area contributed by atoms with E-state index in [1.807, 2.05) is 0 Å². The Morgan fingerprint density at radius 2 is 1.67 bits per heavy atom. The van der Waals surface area contributed by atoms with Gasteiger partial charge in [0, 0.05) is 0 Å². The monoisotopic (exact) mass is 229 g/mol. The van der Waals surface area contributed by atoms with Gasteiger partial charge in [0.1, 0.15) is 0 Å². The molecule has 0 saturated carbocycles. The highest BCUT2D eigenvalue weighted by molar-refractivity contribution is 6.03. The zero-order valence-electron chi connectivity index (χ0n) is 8.44. The van der Waals surface area contributed by atoms with Crippen LogP contribution in [0, 0.1) is 5.41 Å². The van der Waals surface area contributed by atoms with Crippen molar-refractivity contribution in [1.29, 1.82) is 5.41 Å². The van der Waals surface area contributed by atoms with Crippen molar-refractivity contribution < 1.29 is 14.3 Å². The van der Waals surface area contributed by atoms with Gasteiger partial charge < -0.3 is 9.47 Å². The van der Waals surface area contributed by atoms with E-state index in [4.69, 9.17) is 10.1 Å². The number of rotatable bonds is 2. The summed E-state index contributed by atoms with van der Waals surface area (Å²) in [4.78, 5) is 11.3. The number of hydrogen-bond acceptors (Lipinski definition) is 4. The predicted molar refractivity (Wildman–Crippen MR) is 58.9 cm³/mol. The number of halogens is 1. The van der Waals surface area contributed by atoms with Gasteiger partial charge in [-0.15, -0.1) is 12.4 Å². The van der Waals surface area contributed by atoms with Crippen molar-refractivity contribution in [3.05, 3.63) is 35.4 Å². The normalized spacial score (nSPS) is 8.67. The van der Waals surface area contributed by atoms with Gasteiger partial charge in [-0.1, -0.05) is 12.1 Å². The van der Waals surface area contributed by atoms with Gasteiger partial charge in [0.25, 0.3) is 0 Å². The number of nitrogens with one attached hydrogen (secondary N) is 1. The van der Waals surface area contributed by atoms with Gasteiger partial charge >= 0.3 is 5.97 Å². The van der Waals surface area contributed by atoms with Crippen molar-refractivity contribution in [3.63, 3.8) is 0 Å². The van der Waals surface area contributed by atoms with E-state index in [9.17, 15) is 4.79 Å². The van der Waals surface area contributed by atoms with E-state index >= 15 is 0 Å². The Bertz CT molecular complexity index is 330. The van der Waals surface area contributed by atoms with Crippen molar-refractivity contribution in [3.8, 4) is 0 Å². The molecule has 0 aliphatic rings. The Hall–Kier alpha value is -1.55. The minimum atomic E-state index is -0.470. The summed E-state index contributed by atoms with van der Waals surface area (Å²) in [6.45, 7) is 0. The minimum Gasteiger partial charge on any atom is -0.481 e. The minimum absolute atomic E-state index is 0. The standard InChI is InChI=1S/C10H11NO3.ClH/c1-13-9(11)7-5-3-4-6-8(7)10(12)14-2;/h3-6,11H,1-2H3;1H. The van der Waals surface area contributed by atoms with Crippen LogP contribution in [0.2, 0.25) is 0 Å². The third-order valence-electron chi connectivity index (χ3n) is 1.78. The molecule has 1 aromatic rings. The fourth-order valence-corrected chi connectivity index (χ4v) is 1.08. The zero-order chi connectivity index (χ0) is 10.6. The zero-order valence-corrected chi connectivity index (χ0v) is 9.26. The van der Waals surface area contributed by atoms with E-state index in [0.29, 0.717) is 11.1 Å². The maximum atomic E-state index is 11.3. The number of methoxy groups -OCH3 is 2. The van der Waals surface area contributed by atoms with Gasteiger partial charge in [-0.25, -0.2) is 4.79 Å². The third-order valence-corrected chi connectivity index (χ3v) is 1.78. The molecule has 0 aliphatic carbocycles.